The van der Waals surface area contributed by atoms with E-state index in [0.717, 1.165) is 18.2 Å². The zero-order valence-electron chi connectivity index (χ0n) is 8.72. The van der Waals surface area contributed by atoms with Gasteiger partial charge >= 0.3 is 6.18 Å². The first-order valence-corrected chi connectivity index (χ1v) is 4.66. The number of nitrogens with zero attached hydrogens (tertiary/aromatic N) is 4. The average molecular weight is 254 g/mol. The molecule has 1 aromatic heterocycles. The van der Waals surface area contributed by atoms with Crippen LogP contribution in [0.4, 0.5) is 18.9 Å². The van der Waals surface area contributed by atoms with Gasteiger partial charge in [-0.3, -0.25) is 0 Å². The minimum absolute atomic E-state index is 0.176. The third kappa shape index (κ3) is 2.28. The molecule has 0 aliphatic carbocycles. The molecular formula is C10H5F3N4O. The monoisotopic (exact) mass is 254 g/mol. The smallest absolute Gasteiger partial charge is 0.223 e. The van der Waals surface area contributed by atoms with Crippen LogP contribution in [0.1, 0.15) is 5.56 Å². The van der Waals surface area contributed by atoms with E-state index in [-0.39, 0.29) is 11.4 Å². The van der Waals surface area contributed by atoms with Crippen LogP contribution >= 0.6 is 0 Å². The SMILES string of the molecule is O=C=Nc1cc(C(F)(F)F)ccc1-n1cncn1. The minimum atomic E-state index is -4.51. The predicted octanol–water partition coefficient (Wildman–Crippen LogP) is 2.25. The fourth-order valence-corrected chi connectivity index (χ4v) is 1.36. The summed E-state index contributed by atoms with van der Waals surface area (Å²) >= 11 is 0. The van der Waals surface area contributed by atoms with E-state index >= 15 is 0 Å². The highest BCUT2D eigenvalue weighted by molar-refractivity contribution is 5.62. The van der Waals surface area contributed by atoms with Crippen molar-refractivity contribution >= 4 is 11.8 Å². The lowest BCUT2D eigenvalue weighted by molar-refractivity contribution is -0.137. The van der Waals surface area contributed by atoms with E-state index in [9.17, 15) is 18.0 Å². The van der Waals surface area contributed by atoms with E-state index in [2.05, 4.69) is 15.1 Å². The Bertz CT molecular complexity index is 600. The molecule has 0 spiro atoms. The first-order chi connectivity index (χ1) is 8.52. The lowest BCUT2D eigenvalue weighted by Gasteiger charge is -2.09. The molecule has 0 amide bonds. The molecule has 1 aromatic carbocycles. The van der Waals surface area contributed by atoms with E-state index in [1.807, 2.05) is 0 Å². The standard InChI is InChI=1S/C10H5F3N4O/c11-10(12,13)7-1-2-9(8(3-7)15-6-18)17-5-14-4-16-17/h1-5H. The molecule has 92 valence electrons. The maximum atomic E-state index is 12.5. The van der Waals surface area contributed by atoms with Crippen molar-refractivity contribution in [2.24, 2.45) is 4.99 Å². The number of alkyl halides is 3. The van der Waals surface area contributed by atoms with Gasteiger partial charge in [-0.05, 0) is 18.2 Å². The maximum Gasteiger partial charge on any atom is 0.416 e. The summed E-state index contributed by atoms with van der Waals surface area (Å²) in [5, 5.41) is 3.76. The molecular weight excluding hydrogens is 249 g/mol. The predicted molar refractivity (Wildman–Crippen MR) is 54.1 cm³/mol. The number of hydrogen-bond acceptors (Lipinski definition) is 4. The van der Waals surface area contributed by atoms with Gasteiger partial charge in [0.05, 0.1) is 11.3 Å². The molecule has 8 heteroatoms. The van der Waals surface area contributed by atoms with Gasteiger partial charge in [0.1, 0.15) is 18.3 Å². The van der Waals surface area contributed by atoms with Gasteiger partial charge in [0.25, 0.3) is 0 Å². The van der Waals surface area contributed by atoms with Gasteiger partial charge in [-0.1, -0.05) is 0 Å². The fourth-order valence-electron chi connectivity index (χ4n) is 1.36. The van der Waals surface area contributed by atoms with E-state index < -0.39 is 11.7 Å². The van der Waals surface area contributed by atoms with Crippen LogP contribution in [-0.4, -0.2) is 20.8 Å². The summed E-state index contributed by atoms with van der Waals surface area (Å²) in [6, 6.07) is 2.79. The van der Waals surface area contributed by atoms with Crippen LogP contribution in [0.5, 0.6) is 0 Å². The Morgan fingerprint density at radius 1 is 1.33 bits per heavy atom. The topological polar surface area (TPSA) is 60.1 Å². The molecule has 0 unspecified atom stereocenters. The Kier molecular flexibility index (Phi) is 2.95. The number of halogens is 3. The Labute approximate surface area is 98.6 Å². The molecule has 2 aromatic rings. The summed E-state index contributed by atoms with van der Waals surface area (Å²) in [5.74, 6) is 0. The number of isocyanates is 1. The molecule has 0 fully saturated rings. The maximum absolute atomic E-state index is 12.5. The van der Waals surface area contributed by atoms with Gasteiger partial charge in [-0.2, -0.15) is 23.3 Å². The molecule has 0 aliphatic heterocycles. The van der Waals surface area contributed by atoms with Crippen LogP contribution in [0.25, 0.3) is 5.69 Å². The Morgan fingerprint density at radius 3 is 2.67 bits per heavy atom. The first-order valence-electron chi connectivity index (χ1n) is 4.66. The second kappa shape index (κ2) is 4.42. The van der Waals surface area contributed by atoms with Crippen molar-refractivity contribution in [2.45, 2.75) is 6.18 Å². The third-order valence-corrected chi connectivity index (χ3v) is 2.13. The molecule has 0 saturated heterocycles. The summed E-state index contributed by atoms with van der Waals surface area (Å²) in [4.78, 5) is 17.1. The summed E-state index contributed by atoms with van der Waals surface area (Å²) in [5.41, 5.74) is -0.866. The highest BCUT2D eigenvalue weighted by atomic mass is 19.4. The number of hydrogen-bond donors (Lipinski definition) is 0. The largest absolute Gasteiger partial charge is 0.416 e. The van der Waals surface area contributed by atoms with E-state index in [1.165, 1.54) is 23.4 Å². The number of aromatic nitrogens is 3. The molecule has 0 N–H and O–H groups in total. The molecule has 5 nitrogen and oxygen atoms in total. The Hall–Kier alpha value is -2.47. The molecule has 2 rings (SSSR count). The van der Waals surface area contributed by atoms with Gasteiger partial charge in [0.15, 0.2) is 0 Å². The van der Waals surface area contributed by atoms with E-state index in [1.54, 1.807) is 0 Å². The number of carbonyl (C=O) groups excluding carboxylic acids is 1. The lowest BCUT2D eigenvalue weighted by Crippen LogP contribution is -2.05. The number of benzene rings is 1. The van der Waals surface area contributed by atoms with Crippen molar-refractivity contribution < 1.29 is 18.0 Å². The lowest BCUT2D eigenvalue weighted by atomic mass is 10.1. The van der Waals surface area contributed by atoms with Crippen LogP contribution in [0.3, 0.4) is 0 Å². The second-order valence-corrected chi connectivity index (χ2v) is 3.24. The van der Waals surface area contributed by atoms with Gasteiger partial charge in [-0.25, -0.2) is 14.5 Å². The van der Waals surface area contributed by atoms with E-state index in [4.69, 9.17) is 0 Å². The Balaban J connectivity index is 2.59. The summed E-state index contributed by atoms with van der Waals surface area (Å²) in [6.07, 6.45) is -0.796. The number of aliphatic imine (C=N–C) groups is 1. The normalized spacial score (nSPS) is 11.1. The zero-order chi connectivity index (χ0) is 13.2. The zero-order valence-corrected chi connectivity index (χ0v) is 8.72. The van der Waals surface area contributed by atoms with Crippen LogP contribution in [-0.2, 0) is 11.0 Å². The van der Waals surface area contributed by atoms with Crippen molar-refractivity contribution in [3.63, 3.8) is 0 Å². The first kappa shape index (κ1) is 12.0. The summed E-state index contributed by atoms with van der Waals surface area (Å²) in [6.45, 7) is 0. The molecule has 18 heavy (non-hydrogen) atoms. The van der Waals surface area contributed by atoms with Crippen molar-refractivity contribution in [1.82, 2.24) is 14.8 Å². The van der Waals surface area contributed by atoms with Gasteiger partial charge in [-0.15, -0.1) is 0 Å². The van der Waals surface area contributed by atoms with Crippen molar-refractivity contribution in [1.29, 1.82) is 0 Å². The van der Waals surface area contributed by atoms with Crippen molar-refractivity contribution in [3.8, 4) is 5.69 Å². The fraction of sp³-hybridized carbons (Fsp3) is 0.100. The Morgan fingerprint density at radius 2 is 2.11 bits per heavy atom. The highest BCUT2D eigenvalue weighted by Gasteiger charge is 2.31. The second-order valence-electron chi connectivity index (χ2n) is 3.24. The summed E-state index contributed by atoms with van der Waals surface area (Å²) < 4.78 is 38.7. The van der Waals surface area contributed by atoms with Crippen LogP contribution in [0.2, 0.25) is 0 Å². The molecule has 0 bridgehead atoms. The molecule has 0 aliphatic rings. The molecule has 0 radical (unpaired) electrons. The van der Waals surface area contributed by atoms with Crippen LogP contribution in [0.15, 0.2) is 35.8 Å². The quantitative estimate of drug-likeness (QED) is 0.610. The van der Waals surface area contributed by atoms with Gasteiger partial charge < -0.3 is 0 Å². The highest BCUT2D eigenvalue weighted by Crippen LogP contribution is 2.34. The van der Waals surface area contributed by atoms with Crippen molar-refractivity contribution in [2.75, 3.05) is 0 Å². The van der Waals surface area contributed by atoms with Gasteiger partial charge in [0.2, 0.25) is 6.08 Å². The molecule has 1 heterocycles. The van der Waals surface area contributed by atoms with Gasteiger partial charge in [0, 0.05) is 0 Å². The third-order valence-electron chi connectivity index (χ3n) is 2.13. The molecule has 0 atom stereocenters. The summed E-state index contributed by atoms with van der Waals surface area (Å²) in [7, 11) is 0. The average Bonchev–Trinajstić information content (AvgIpc) is 2.81. The van der Waals surface area contributed by atoms with Crippen LogP contribution < -0.4 is 0 Å². The van der Waals surface area contributed by atoms with E-state index in [0.29, 0.717) is 0 Å². The molecule has 0 saturated carbocycles. The van der Waals surface area contributed by atoms with Crippen molar-refractivity contribution in [3.05, 3.63) is 36.4 Å². The minimum Gasteiger partial charge on any atom is -0.223 e. The van der Waals surface area contributed by atoms with Crippen LogP contribution in [0, 0.1) is 0 Å². The number of rotatable bonds is 2.